The zero-order valence-electron chi connectivity index (χ0n) is 13.3. The Hall–Kier alpha value is -2.93. The Morgan fingerprint density at radius 1 is 1.00 bits per heavy atom. The molecule has 2 N–H and O–H groups in total. The molecular weight excluding hydrogens is 343 g/mol. The third-order valence-electron chi connectivity index (χ3n) is 3.72. The third kappa shape index (κ3) is 3.46. The van der Waals surface area contributed by atoms with Gasteiger partial charge in [0, 0.05) is 23.7 Å². The summed E-state index contributed by atoms with van der Waals surface area (Å²) in [5.74, 6) is -0.876. The van der Waals surface area contributed by atoms with Gasteiger partial charge >= 0.3 is 0 Å². The monoisotopic (exact) mass is 358 g/mol. The Morgan fingerprint density at radius 3 is 2.36 bits per heavy atom. The summed E-state index contributed by atoms with van der Waals surface area (Å²) in [5, 5.41) is 3.33. The molecule has 0 aromatic heterocycles. The lowest BCUT2D eigenvalue weighted by atomic mass is 10.1. The first-order chi connectivity index (χ1) is 11.9. The molecule has 0 spiro atoms. The number of anilines is 1. The van der Waals surface area contributed by atoms with Crippen molar-refractivity contribution in [3.63, 3.8) is 0 Å². The van der Waals surface area contributed by atoms with Gasteiger partial charge < -0.3 is 5.32 Å². The molecule has 7 heteroatoms. The molecule has 0 unspecified atom stereocenters. The predicted molar refractivity (Wildman–Crippen MR) is 94.5 cm³/mol. The molecule has 5 nitrogen and oxygen atoms in total. The van der Waals surface area contributed by atoms with Crippen LogP contribution in [-0.2, 0) is 10.0 Å². The Balaban J connectivity index is 1.93. The van der Waals surface area contributed by atoms with Gasteiger partial charge in [-0.2, -0.15) is 0 Å². The number of halogens is 1. The lowest BCUT2D eigenvalue weighted by Crippen LogP contribution is -2.18. The van der Waals surface area contributed by atoms with Gasteiger partial charge in [-0.05, 0) is 41.8 Å². The van der Waals surface area contributed by atoms with E-state index in [0.717, 1.165) is 6.07 Å². The van der Waals surface area contributed by atoms with Crippen molar-refractivity contribution < 1.29 is 17.6 Å². The summed E-state index contributed by atoms with van der Waals surface area (Å²) < 4.78 is 41.6. The van der Waals surface area contributed by atoms with Crippen LogP contribution in [0.25, 0.3) is 10.8 Å². The maximum Gasteiger partial charge on any atom is 0.262 e. The minimum Gasteiger partial charge on any atom is -0.355 e. The van der Waals surface area contributed by atoms with Crippen molar-refractivity contribution >= 4 is 32.4 Å². The number of rotatable bonds is 4. The van der Waals surface area contributed by atoms with Crippen LogP contribution in [0.1, 0.15) is 10.4 Å². The van der Waals surface area contributed by atoms with Crippen LogP contribution >= 0.6 is 0 Å². The molecule has 3 rings (SSSR count). The molecule has 0 aliphatic heterocycles. The third-order valence-corrected chi connectivity index (χ3v) is 5.08. The van der Waals surface area contributed by atoms with Gasteiger partial charge in [0.2, 0.25) is 0 Å². The smallest absolute Gasteiger partial charge is 0.262 e. The molecule has 1 amide bonds. The summed E-state index contributed by atoms with van der Waals surface area (Å²) in [7, 11) is -2.45. The number of carbonyl (C=O) groups excluding carboxylic acids is 1. The summed E-state index contributed by atoms with van der Waals surface area (Å²) in [6.07, 6.45) is 0. The standard InChI is InChI=1S/C18H15FN2O3S/c1-20-18(22)12-6-8-14(9-7-12)21-25(23,24)15-10-13-4-2-3-5-16(13)17(19)11-15/h2-11,21H,1H3,(H,20,22). The van der Waals surface area contributed by atoms with Crippen LogP contribution in [0.15, 0.2) is 65.6 Å². The van der Waals surface area contributed by atoms with E-state index in [1.54, 1.807) is 24.3 Å². The van der Waals surface area contributed by atoms with E-state index >= 15 is 0 Å². The Bertz CT molecular complexity index is 1050. The fourth-order valence-electron chi connectivity index (χ4n) is 2.44. The Labute approximate surface area is 144 Å². The van der Waals surface area contributed by atoms with E-state index in [2.05, 4.69) is 10.0 Å². The number of carbonyl (C=O) groups is 1. The van der Waals surface area contributed by atoms with Crippen LogP contribution in [0.4, 0.5) is 10.1 Å². The summed E-state index contributed by atoms with van der Waals surface area (Å²) in [6, 6.07) is 15.0. The molecule has 3 aromatic carbocycles. The van der Waals surface area contributed by atoms with Crippen LogP contribution in [0, 0.1) is 5.82 Å². The minimum absolute atomic E-state index is 0.168. The molecule has 0 saturated carbocycles. The molecule has 0 atom stereocenters. The zero-order chi connectivity index (χ0) is 18.0. The van der Waals surface area contributed by atoms with E-state index in [0.29, 0.717) is 16.3 Å². The van der Waals surface area contributed by atoms with Crippen molar-refractivity contribution in [2.24, 2.45) is 0 Å². The fourth-order valence-corrected chi connectivity index (χ4v) is 3.55. The maximum absolute atomic E-state index is 14.2. The van der Waals surface area contributed by atoms with Crippen LogP contribution in [0.2, 0.25) is 0 Å². The number of hydrogen-bond donors (Lipinski definition) is 2. The fraction of sp³-hybridized carbons (Fsp3) is 0.0556. The largest absolute Gasteiger partial charge is 0.355 e. The molecule has 128 valence electrons. The lowest BCUT2D eigenvalue weighted by molar-refractivity contribution is 0.0963. The van der Waals surface area contributed by atoms with Crippen molar-refractivity contribution in [3.05, 3.63) is 72.0 Å². The number of amides is 1. The van der Waals surface area contributed by atoms with E-state index in [1.807, 2.05) is 0 Å². The number of fused-ring (bicyclic) bond motifs is 1. The van der Waals surface area contributed by atoms with Crippen LogP contribution in [0.3, 0.4) is 0 Å². The highest BCUT2D eigenvalue weighted by Crippen LogP contribution is 2.24. The average Bonchev–Trinajstić information content (AvgIpc) is 2.61. The van der Waals surface area contributed by atoms with Gasteiger partial charge in [-0.3, -0.25) is 9.52 Å². The second-order valence-electron chi connectivity index (χ2n) is 5.39. The van der Waals surface area contributed by atoms with Crippen molar-refractivity contribution in [1.29, 1.82) is 0 Å². The van der Waals surface area contributed by atoms with Crippen molar-refractivity contribution in [3.8, 4) is 0 Å². The van der Waals surface area contributed by atoms with E-state index in [4.69, 9.17) is 0 Å². The zero-order valence-corrected chi connectivity index (χ0v) is 14.1. The first kappa shape index (κ1) is 16.9. The van der Waals surface area contributed by atoms with Gasteiger partial charge in [-0.15, -0.1) is 0 Å². The van der Waals surface area contributed by atoms with Crippen LogP contribution in [-0.4, -0.2) is 21.4 Å². The Kier molecular flexibility index (Phi) is 4.41. The van der Waals surface area contributed by atoms with E-state index in [9.17, 15) is 17.6 Å². The number of benzene rings is 3. The lowest BCUT2D eigenvalue weighted by Gasteiger charge is -2.10. The molecule has 3 aromatic rings. The van der Waals surface area contributed by atoms with Gasteiger partial charge in [-0.25, -0.2) is 12.8 Å². The van der Waals surface area contributed by atoms with Crippen LogP contribution < -0.4 is 10.0 Å². The van der Waals surface area contributed by atoms with Crippen LogP contribution in [0.5, 0.6) is 0 Å². The Morgan fingerprint density at radius 2 is 1.68 bits per heavy atom. The van der Waals surface area contributed by atoms with E-state index in [1.165, 1.54) is 37.4 Å². The summed E-state index contributed by atoms with van der Waals surface area (Å²) in [4.78, 5) is 11.3. The summed E-state index contributed by atoms with van der Waals surface area (Å²) in [6.45, 7) is 0. The molecule has 0 aliphatic carbocycles. The average molecular weight is 358 g/mol. The first-order valence-electron chi connectivity index (χ1n) is 7.44. The minimum atomic E-state index is -3.96. The molecule has 0 aliphatic rings. The second-order valence-corrected chi connectivity index (χ2v) is 7.07. The highest BCUT2D eigenvalue weighted by atomic mass is 32.2. The van der Waals surface area contributed by atoms with Crippen molar-refractivity contribution in [2.75, 3.05) is 11.8 Å². The maximum atomic E-state index is 14.2. The van der Waals surface area contributed by atoms with Crippen molar-refractivity contribution in [2.45, 2.75) is 4.90 Å². The van der Waals surface area contributed by atoms with Gasteiger partial charge in [0.05, 0.1) is 4.90 Å². The molecular formula is C18H15FN2O3S. The predicted octanol–water partition coefficient (Wildman–Crippen LogP) is 3.14. The molecule has 0 saturated heterocycles. The quantitative estimate of drug-likeness (QED) is 0.752. The first-order valence-corrected chi connectivity index (χ1v) is 8.92. The SMILES string of the molecule is CNC(=O)c1ccc(NS(=O)(=O)c2cc(F)c3ccccc3c2)cc1. The molecule has 0 radical (unpaired) electrons. The number of hydrogen-bond acceptors (Lipinski definition) is 3. The van der Waals surface area contributed by atoms with Gasteiger partial charge in [0.25, 0.3) is 15.9 Å². The summed E-state index contributed by atoms with van der Waals surface area (Å²) in [5.41, 5.74) is 0.684. The highest BCUT2D eigenvalue weighted by molar-refractivity contribution is 7.92. The number of sulfonamides is 1. The highest BCUT2D eigenvalue weighted by Gasteiger charge is 2.17. The molecule has 0 fully saturated rings. The van der Waals surface area contributed by atoms with E-state index < -0.39 is 15.8 Å². The molecule has 25 heavy (non-hydrogen) atoms. The van der Waals surface area contributed by atoms with Crippen molar-refractivity contribution in [1.82, 2.24) is 5.32 Å². The summed E-state index contributed by atoms with van der Waals surface area (Å²) >= 11 is 0. The second kappa shape index (κ2) is 6.52. The van der Waals surface area contributed by atoms with Gasteiger partial charge in [0.1, 0.15) is 5.82 Å². The normalized spacial score (nSPS) is 11.3. The number of nitrogens with one attached hydrogen (secondary N) is 2. The van der Waals surface area contributed by atoms with Gasteiger partial charge in [-0.1, -0.05) is 24.3 Å². The van der Waals surface area contributed by atoms with E-state index in [-0.39, 0.29) is 16.5 Å². The van der Waals surface area contributed by atoms with Gasteiger partial charge in [0.15, 0.2) is 0 Å². The molecule has 0 bridgehead atoms. The topological polar surface area (TPSA) is 75.3 Å². The molecule has 0 heterocycles.